The third kappa shape index (κ3) is 2.85. The molecular weight excluding hydrogens is 249 g/mol. The zero-order valence-electron chi connectivity index (χ0n) is 9.95. The van der Waals surface area contributed by atoms with E-state index in [0.717, 1.165) is 16.6 Å². The lowest BCUT2D eigenvalue weighted by atomic mass is 9.73. The molecule has 0 heterocycles. The van der Waals surface area contributed by atoms with Crippen LogP contribution in [-0.4, -0.2) is 12.4 Å². The Labute approximate surface area is 111 Å². The topological polar surface area (TPSA) is 20.2 Å². The number of rotatable bonds is 3. The summed E-state index contributed by atoms with van der Waals surface area (Å²) in [5, 5.41) is 9.80. The molecule has 0 atom stereocenters. The number of hydrogen-bond acceptors (Lipinski definition) is 1. The third-order valence-corrected chi connectivity index (χ3v) is 3.18. The van der Waals surface area contributed by atoms with Crippen LogP contribution in [0.5, 0.6) is 5.75 Å². The van der Waals surface area contributed by atoms with E-state index in [9.17, 15) is 4.39 Å². The van der Waals surface area contributed by atoms with E-state index in [1.165, 1.54) is 12.1 Å². The van der Waals surface area contributed by atoms with Gasteiger partial charge < -0.3 is 5.11 Å². The molecule has 0 bridgehead atoms. The van der Waals surface area contributed by atoms with Crippen molar-refractivity contribution in [3.8, 4) is 5.75 Å². The highest BCUT2D eigenvalue weighted by molar-refractivity contribution is 6.52. The summed E-state index contributed by atoms with van der Waals surface area (Å²) in [6.45, 7) is 1.95. The fourth-order valence-electron chi connectivity index (χ4n) is 1.79. The van der Waals surface area contributed by atoms with Gasteiger partial charge in [-0.05, 0) is 35.7 Å². The fraction of sp³-hybridized carbons (Fsp3) is 0.143. The smallest absolute Gasteiger partial charge is 0.165 e. The molecule has 91 valence electrons. The molecule has 0 saturated heterocycles. The number of hydrogen-bond donors (Lipinski definition) is 1. The monoisotopic (exact) mass is 261 g/mol. The van der Waals surface area contributed by atoms with Crippen molar-refractivity contribution in [1.82, 2.24) is 0 Å². The van der Waals surface area contributed by atoms with Crippen molar-refractivity contribution < 1.29 is 9.50 Å². The molecule has 0 aliphatic rings. The lowest BCUT2D eigenvalue weighted by Gasteiger charge is -2.07. The highest BCUT2D eigenvalue weighted by Crippen LogP contribution is 2.21. The Morgan fingerprint density at radius 3 is 2.67 bits per heavy atom. The van der Waals surface area contributed by atoms with Crippen molar-refractivity contribution in [1.29, 1.82) is 0 Å². The van der Waals surface area contributed by atoms with Crippen LogP contribution in [0.15, 0.2) is 36.4 Å². The molecular formula is C14H12BClFO. The fourth-order valence-corrected chi connectivity index (χ4v) is 1.97. The van der Waals surface area contributed by atoms with Gasteiger partial charge in [0.15, 0.2) is 11.6 Å². The highest BCUT2D eigenvalue weighted by atomic mass is 35.5. The van der Waals surface area contributed by atoms with Crippen molar-refractivity contribution in [2.45, 2.75) is 13.2 Å². The van der Waals surface area contributed by atoms with Gasteiger partial charge in [-0.1, -0.05) is 42.1 Å². The first-order valence-electron chi connectivity index (χ1n) is 5.65. The average Bonchev–Trinajstić information content (AvgIpc) is 2.36. The summed E-state index contributed by atoms with van der Waals surface area (Å²) in [5.41, 5.74) is 2.80. The Bertz CT molecular complexity index is 572. The minimum Gasteiger partial charge on any atom is -0.505 e. The first-order chi connectivity index (χ1) is 8.60. The van der Waals surface area contributed by atoms with Gasteiger partial charge in [0.2, 0.25) is 0 Å². The van der Waals surface area contributed by atoms with Crippen LogP contribution in [0.1, 0.15) is 11.1 Å². The van der Waals surface area contributed by atoms with Gasteiger partial charge in [0.05, 0.1) is 0 Å². The van der Waals surface area contributed by atoms with Crippen LogP contribution >= 0.6 is 11.6 Å². The molecule has 18 heavy (non-hydrogen) atoms. The molecule has 1 nitrogen and oxygen atoms in total. The molecule has 0 aliphatic heterocycles. The molecule has 4 heteroatoms. The molecule has 0 fully saturated rings. The second-order valence-electron chi connectivity index (χ2n) is 4.10. The van der Waals surface area contributed by atoms with Crippen LogP contribution in [0.4, 0.5) is 4.39 Å². The Morgan fingerprint density at radius 2 is 2.00 bits per heavy atom. The summed E-state index contributed by atoms with van der Waals surface area (Å²) >= 11 is 6.12. The van der Waals surface area contributed by atoms with Crippen LogP contribution in [0.25, 0.3) is 0 Å². The van der Waals surface area contributed by atoms with Gasteiger partial charge in [-0.3, -0.25) is 0 Å². The molecule has 2 aromatic rings. The van der Waals surface area contributed by atoms with E-state index < -0.39 is 5.82 Å². The lowest BCUT2D eigenvalue weighted by Crippen LogP contribution is -2.11. The summed E-state index contributed by atoms with van der Waals surface area (Å²) in [5.74, 6) is -0.942. The average molecular weight is 262 g/mol. The Morgan fingerprint density at radius 1 is 1.22 bits per heavy atom. The summed E-state index contributed by atoms with van der Waals surface area (Å²) in [6, 6.07) is 10.1. The maximum atomic E-state index is 13.2. The van der Waals surface area contributed by atoms with Crippen molar-refractivity contribution in [3.05, 3.63) is 58.4 Å². The molecule has 2 rings (SSSR count). The molecule has 0 aromatic heterocycles. The number of benzene rings is 2. The van der Waals surface area contributed by atoms with E-state index in [1.54, 1.807) is 6.07 Å². The maximum Gasteiger partial charge on any atom is 0.165 e. The molecule has 1 N–H and O–H groups in total. The molecule has 0 spiro atoms. The Hall–Kier alpha value is -1.48. The quantitative estimate of drug-likeness (QED) is 0.842. The summed E-state index contributed by atoms with van der Waals surface area (Å²) in [7, 11) is 1.98. The second-order valence-corrected chi connectivity index (χ2v) is 4.51. The van der Waals surface area contributed by atoms with Gasteiger partial charge >= 0.3 is 0 Å². The lowest BCUT2D eigenvalue weighted by molar-refractivity contribution is 0.432. The van der Waals surface area contributed by atoms with E-state index in [4.69, 9.17) is 16.7 Å². The first-order valence-corrected chi connectivity index (χ1v) is 6.03. The Balaban J connectivity index is 2.30. The molecule has 2 aromatic carbocycles. The van der Waals surface area contributed by atoms with Gasteiger partial charge in [0.1, 0.15) is 7.28 Å². The summed E-state index contributed by atoms with van der Waals surface area (Å²) in [6.07, 6.45) is 0.539. The zero-order valence-corrected chi connectivity index (χ0v) is 10.7. The molecule has 1 radical (unpaired) electrons. The van der Waals surface area contributed by atoms with Crippen LogP contribution in [0.2, 0.25) is 11.8 Å². The van der Waals surface area contributed by atoms with Crippen LogP contribution in [-0.2, 0) is 6.42 Å². The summed E-state index contributed by atoms with van der Waals surface area (Å²) < 4.78 is 13.2. The number of halogens is 2. The van der Waals surface area contributed by atoms with Crippen molar-refractivity contribution in [3.63, 3.8) is 0 Å². The normalized spacial score (nSPS) is 10.4. The molecule has 0 aliphatic carbocycles. The number of aromatic hydroxyl groups is 1. The third-order valence-electron chi connectivity index (χ3n) is 2.81. The van der Waals surface area contributed by atoms with E-state index in [-0.39, 0.29) is 5.75 Å². The van der Waals surface area contributed by atoms with Gasteiger partial charge in [-0.2, -0.15) is 0 Å². The standard InChI is InChI=1S/C14H12BClFO/c1-15-11-3-4-12(16)10(8-11)6-9-2-5-14(18)13(17)7-9/h2-5,7-8,18H,6H2,1H3. The van der Waals surface area contributed by atoms with Gasteiger partial charge in [0.25, 0.3) is 0 Å². The first kappa shape index (κ1) is 13.0. The van der Waals surface area contributed by atoms with Gasteiger partial charge in [0, 0.05) is 5.02 Å². The van der Waals surface area contributed by atoms with E-state index in [0.29, 0.717) is 11.4 Å². The van der Waals surface area contributed by atoms with E-state index in [1.807, 2.05) is 32.3 Å². The predicted octanol–water partition coefficient (Wildman–Crippen LogP) is 3.15. The van der Waals surface area contributed by atoms with Crippen molar-refractivity contribution in [2.24, 2.45) is 0 Å². The predicted molar refractivity (Wildman–Crippen MR) is 73.6 cm³/mol. The van der Waals surface area contributed by atoms with E-state index in [2.05, 4.69) is 0 Å². The Kier molecular flexibility index (Phi) is 3.92. The maximum absolute atomic E-state index is 13.2. The van der Waals surface area contributed by atoms with Crippen molar-refractivity contribution in [2.75, 3.05) is 0 Å². The minimum atomic E-state index is -0.609. The molecule has 0 unspecified atom stereocenters. The minimum absolute atomic E-state index is 0.333. The second kappa shape index (κ2) is 5.45. The molecule has 0 amide bonds. The van der Waals surface area contributed by atoms with Gasteiger partial charge in [-0.25, -0.2) is 4.39 Å². The van der Waals surface area contributed by atoms with E-state index >= 15 is 0 Å². The summed E-state index contributed by atoms with van der Waals surface area (Å²) in [4.78, 5) is 0. The molecule has 0 saturated carbocycles. The highest BCUT2D eigenvalue weighted by Gasteiger charge is 2.06. The SMILES string of the molecule is C[B]c1ccc(Cl)c(Cc2ccc(O)c(F)c2)c1. The van der Waals surface area contributed by atoms with Crippen LogP contribution in [0, 0.1) is 5.82 Å². The van der Waals surface area contributed by atoms with Crippen LogP contribution in [0.3, 0.4) is 0 Å². The number of phenolic OH excluding ortho intramolecular Hbond substituents is 1. The zero-order chi connectivity index (χ0) is 13.1. The largest absolute Gasteiger partial charge is 0.505 e. The van der Waals surface area contributed by atoms with Gasteiger partial charge in [-0.15, -0.1) is 0 Å². The van der Waals surface area contributed by atoms with Crippen LogP contribution < -0.4 is 5.46 Å². The number of phenols is 1. The van der Waals surface area contributed by atoms with Crippen molar-refractivity contribution >= 4 is 24.3 Å².